The molecule has 2 aromatic carbocycles. The van der Waals surface area contributed by atoms with Gasteiger partial charge in [-0.05, 0) is 61.1 Å². The van der Waals surface area contributed by atoms with Crippen LogP contribution in [0.1, 0.15) is 28.8 Å². The molecule has 6 nitrogen and oxygen atoms in total. The van der Waals surface area contributed by atoms with Crippen molar-refractivity contribution in [3.05, 3.63) is 59.2 Å². The van der Waals surface area contributed by atoms with E-state index in [0.717, 1.165) is 24.5 Å². The van der Waals surface area contributed by atoms with Crippen LogP contribution in [0.3, 0.4) is 0 Å². The van der Waals surface area contributed by atoms with Crippen LogP contribution in [0.2, 0.25) is 0 Å². The molecular weight excluding hydrogens is 402 g/mol. The average Bonchev–Trinajstić information content (AvgIpc) is 2.69. The molecule has 2 N–H and O–H groups in total. The zero-order chi connectivity index (χ0) is 21.2. The summed E-state index contributed by atoms with van der Waals surface area (Å²) in [5.41, 5.74) is 1.46. The van der Waals surface area contributed by atoms with Crippen LogP contribution in [0.5, 0.6) is 0 Å². The SMILES string of the molecule is COC(=O)c1cc(S(N)(=O)=O)ccc1N1CCC(Cc2ccc(F)c(F)c2)CC1. The molecule has 0 aromatic heterocycles. The topological polar surface area (TPSA) is 89.7 Å². The monoisotopic (exact) mass is 424 g/mol. The summed E-state index contributed by atoms with van der Waals surface area (Å²) in [7, 11) is -2.72. The van der Waals surface area contributed by atoms with Crippen LogP contribution in [0, 0.1) is 17.6 Å². The molecule has 0 atom stereocenters. The number of methoxy groups -OCH3 is 1. The van der Waals surface area contributed by atoms with E-state index in [9.17, 15) is 22.0 Å². The predicted molar refractivity (Wildman–Crippen MR) is 104 cm³/mol. The van der Waals surface area contributed by atoms with Crippen molar-refractivity contribution in [1.29, 1.82) is 0 Å². The number of sulfonamides is 1. The molecule has 1 heterocycles. The lowest BCUT2D eigenvalue weighted by molar-refractivity contribution is 0.0601. The molecule has 0 aliphatic carbocycles. The molecule has 3 rings (SSSR count). The molecule has 1 fully saturated rings. The fourth-order valence-electron chi connectivity index (χ4n) is 3.62. The van der Waals surface area contributed by atoms with E-state index in [4.69, 9.17) is 9.88 Å². The van der Waals surface area contributed by atoms with Crippen LogP contribution in [-0.4, -0.2) is 34.6 Å². The quantitative estimate of drug-likeness (QED) is 0.746. The first-order valence-electron chi connectivity index (χ1n) is 9.13. The summed E-state index contributed by atoms with van der Waals surface area (Å²) >= 11 is 0. The van der Waals surface area contributed by atoms with Crippen molar-refractivity contribution in [2.45, 2.75) is 24.2 Å². The van der Waals surface area contributed by atoms with Crippen LogP contribution in [0.15, 0.2) is 41.3 Å². The summed E-state index contributed by atoms with van der Waals surface area (Å²) in [5.74, 6) is -2.06. The van der Waals surface area contributed by atoms with Gasteiger partial charge in [-0.2, -0.15) is 0 Å². The molecule has 0 bridgehead atoms. The standard InChI is InChI=1S/C20H22F2N2O4S/c1-28-20(25)16-12-15(29(23,26)27)3-5-19(16)24-8-6-13(7-9-24)10-14-2-4-17(21)18(22)11-14/h2-5,11-13H,6-10H2,1H3,(H2,23,26,27). The van der Waals surface area contributed by atoms with Crippen molar-refractivity contribution >= 4 is 21.7 Å². The normalized spacial score (nSPS) is 15.4. The second kappa shape index (κ2) is 8.46. The Morgan fingerprint density at radius 1 is 1.14 bits per heavy atom. The predicted octanol–water partition coefficient (Wildman–Crippen LogP) is 2.86. The number of esters is 1. The van der Waals surface area contributed by atoms with Gasteiger partial charge in [-0.3, -0.25) is 0 Å². The fraction of sp³-hybridized carbons (Fsp3) is 0.350. The second-order valence-electron chi connectivity index (χ2n) is 7.10. The Bertz CT molecular complexity index is 1020. The van der Waals surface area contributed by atoms with Gasteiger partial charge in [0.15, 0.2) is 11.6 Å². The number of carbonyl (C=O) groups excluding carboxylic acids is 1. The molecular formula is C20H22F2N2O4S. The number of carbonyl (C=O) groups is 1. The summed E-state index contributed by atoms with van der Waals surface area (Å²) in [6, 6.07) is 8.10. The number of piperidine rings is 1. The minimum atomic E-state index is -3.95. The lowest BCUT2D eigenvalue weighted by Crippen LogP contribution is -2.35. The Balaban J connectivity index is 1.74. The van der Waals surface area contributed by atoms with Crippen LogP contribution >= 0.6 is 0 Å². The zero-order valence-corrected chi connectivity index (χ0v) is 16.7. The highest BCUT2D eigenvalue weighted by Crippen LogP contribution is 2.30. The number of anilines is 1. The number of nitrogens with two attached hydrogens (primary N) is 1. The van der Waals surface area contributed by atoms with E-state index in [2.05, 4.69) is 0 Å². The van der Waals surface area contributed by atoms with Crippen molar-refractivity contribution in [2.75, 3.05) is 25.1 Å². The highest BCUT2D eigenvalue weighted by atomic mass is 32.2. The van der Waals surface area contributed by atoms with Crippen molar-refractivity contribution in [3.8, 4) is 0 Å². The van der Waals surface area contributed by atoms with Gasteiger partial charge in [-0.15, -0.1) is 0 Å². The lowest BCUT2D eigenvalue weighted by Gasteiger charge is -2.34. The maximum atomic E-state index is 13.4. The first-order valence-corrected chi connectivity index (χ1v) is 10.7. The molecule has 1 aliphatic rings. The number of benzene rings is 2. The Labute approximate surface area is 168 Å². The van der Waals surface area contributed by atoms with Crippen LogP contribution in [0.25, 0.3) is 0 Å². The summed E-state index contributed by atoms with van der Waals surface area (Å²) in [4.78, 5) is 14.0. The number of hydrogen-bond donors (Lipinski definition) is 1. The third-order valence-corrected chi connectivity index (χ3v) is 6.08. The molecule has 1 saturated heterocycles. The molecule has 0 saturated carbocycles. The van der Waals surface area contributed by atoms with Gasteiger partial charge < -0.3 is 9.64 Å². The highest BCUT2D eigenvalue weighted by molar-refractivity contribution is 7.89. The summed E-state index contributed by atoms with van der Waals surface area (Å²) < 4.78 is 54.5. The number of ether oxygens (including phenoxy) is 1. The molecule has 156 valence electrons. The first-order chi connectivity index (χ1) is 13.7. The third-order valence-electron chi connectivity index (χ3n) is 5.17. The van der Waals surface area contributed by atoms with Crippen molar-refractivity contribution in [2.24, 2.45) is 11.1 Å². The maximum Gasteiger partial charge on any atom is 0.340 e. The zero-order valence-electron chi connectivity index (χ0n) is 15.9. The number of rotatable bonds is 5. The van der Waals surface area contributed by atoms with Crippen molar-refractivity contribution < 1.29 is 26.7 Å². The third kappa shape index (κ3) is 4.91. The minimum absolute atomic E-state index is 0.137. The Morgan fingerprint density at radius 2 is 1.83 bits per heavy atom. The van der Waals surface area contributed by atoms with Gasteiger partial charge in [0.05, 0.1) is 23.3 Å². The van der Waals surface area contributed by atoms with E-state index >= 15 is 0 Å². The molecule has 0 spiro atoms. The van der Waals surface area contributed by atoms with Gasteiger partial charge in [-0.1, -0.05) is 6.07 Å². The number of hydrogen-bond acceptors (Lipinski definition) is 5. The molecule has 0 unspecified atom stereocenters. The summed E-state index contributed by atoms with van der Waals surface area (Å²) in [6.07, 6.45) is 2.21. The number of halogens is 2. The largest absolute Gasteiger partial charge is 0.465 e. The fourth-order valence-corrected chi connectivity index (χ4v) is 4.16. The highest BCUT2D eigenvalue weighted by Gasteiger charge is 2.25. The lowest BCUT2D eigenvalue weighted by atomic mass is 9.89. The Hall–Kier alpha value is -2.52. The van der Waals surface area contributed by atoms with E-state index < -0.39 is 27.6 Å². The number of nitrogens with zero attached hydrogens (tertiary/aromatic N) is 1. The van der Waals surface area contributed by atoms with E-state index in [1.165, 1.54) is 25.3 Å². The van der Waals surface area contributed by atoms with Gasteiger partial charge in [0.1, 0.15) is 0 Å². The molecule has 1 aliphatic heterocycles. The molecule has 29 heavy (non-hydrogen) atoms. The van der Waals surface area contributed by atoms with E-state index in [-0.39, 0.29) is 10.5 Å². The average molecular weight is 424 g/mol. The van der Waals surface area contributed by atoms with Crippen LogP contribution in [-0.2, 0) is 21.2 Å². The van der Waals surface area contributed by atoms with Gasteiger partial charge in [0.25, 0.3) is 0 Å². The second-order valence-corrected chi connectivity index (χ2v) is 8.66. The van der Waals surface area contributed by atoms with E-state index in [1.54, 1.807) is 12.1 Å². The summed E-state index contributed by atoms with van der Waals surface area (Å²) in [6.45, 7) is 1.26. The number of primary sulfonamides is 1. The smallest absolute Gasteiger partial charge is 0.340 e. The van der Waals surface area contributed by atoms with Crippen molar-refractivity contribution in [1.82, 2.24) is 0 Å². The molecule has 0 radical (unpaired) electrons. The Kier molecular flexibility index (Phi) is 6.18. The van der Waals surface area contributed by atoms with Gasteiger partial charge >= 0.3 is 5.97 Å². The maximum absolute atomic E-state index is 13.4. The van der Waals surface area contributed by atoms with Gasteiger partial charge in [-0.25, -0.2) is 27.1 Å². The van der Waals surface area contributed by atoms with Crippen LogP contribution in [0.4, 0.5) is 14.5 Å². The van der Waals surface area contributed by atoms with Gasteiger partial charge in [0, 0.05) is 13.1 Å². The van der Waals surface area contributed by atoms with Gasteiger partial charge in [0.2, 0.25) is 10.0 Å². The first kappa shape index (κ1) is 21.2. The summed E-state index contributed by atoms with van der Waals surface area (Å²) in [5, 5.41) is 5.16. The molecule has 0 amide bonds. The Morgan fingerprint density at radius 3 is 2.41 bits per heavy atom. The van der Waals surface area contributed by atoms with Crippen LogP contribution < -0.4 is 10.0 Å². The minimum Gasteiger partial charge on any atom is -0.465 e. The van der Waals surface area contributed by atoms with E-state index in [0.29, 0.717) is 31.1 Å². The molecule has 9 heteroatoms. The molecule has 2 aromatic rings. The van der Waals surface area contributed by atoms with E-state index in [1.807, 2.05) is 4.90 Å². The van der Waals surface area contributed by atoms with Crippen molar-refractivity contribution in [3.63, 3.8) is 0 Å².